The lowest BCUT2D eigenvalue weighted by molar-refractivity contribution is -0.438. The fourth-order valence-electron chi connectivity index (χ4n) is 9.01. The molecule has 2 unspecified atom stereocenters. The number of hydrogen-bond acceptors (Lipinski definition) is 4. The van der Waals surface area contributed by atoms with Crippen molar-refractivity contribution in [3.8, 4) is 0 Å². The Kier molecular flexibility index (Phi) is 10.3. The van der Waals surface area contributed by atoms with Gasteiger partial charge in [0.05, 0.1) is 10.3 Å². The molecule has 2 aromatic rings. The van der Waals surface area contributed by atoms with Crippen LogP contribution in [0.2, 0.25) is 0 Å². The number of allylic oxidation sites excluding steroid dienone is 8. The number of carbonyl (C=O) groups excluding carboxylic acids is 1. The molecule has 2 aliphatic carbocycles. The Morgan fingerprint density at radius 2 is 1.74 bits per heavy atom. The number of aryl methyl sites for hydroxylation is 1. The molecule has 1 N–H and O–H groups in total. The minimum Gasteiger partial charge on any atom is -0.344 e. The van der Waals surface area contributed by atoms with Gasteiger partial charge in [0.2, 0.25) is 5.69 Å². The molecule has 266 valence electrons. The highest BCUT2D eigenvalue weighted by atomic mass is 32.2. The van der Waals surface area contributed by atoms with E-state index in [-0.39, 0.29) is 10.3 Å². The van der Waals surface area contributed by atoms with Crippen molar-refractivity contribution in [3.05, 3.63) is 101 Å². The first-order valence-corrected chi connectivity index (χ1v) is 20.1. The summed E-state index contributed by atoms with van der Waals surface area (Å²) in [4.78, 5) is 14.8. The van der Waals surface area contributed by atoms with Crippen LogP contribution in [-0.2, 0) is 25.7 Å². The molecule has 6 rings (SSSR count). The average molecular weight is 696 g/mol. The third-order valence-electron chi connectivity index (χ3n) is 11.8. The van der Waals surface area contributed by atoms with E-state index in [4.69, 9.17) is 0 Å². The molecule has 0 spiro atoms. The number of anilines is 1. The molecule has 0 amide bonds. The Labute approximate surface area is 300 Å². The lowest BCUT2D eigenvalue weighted by Crippen LogP contribution is -2.28. The van der Waals surface area contributed by atoms with Gasteiger partial charge in [0.15, 0.2) is 5.71 Å². The molecule has 2 heterocycles. The summed E-state index contributed by atoms with van der Waals surface area (Å²) in [5.74, 6) is 2.67. The second-order valence-electron chi connectivity index (χ2n) is 15.9. The molecular weight excluding hydrogens is 641 g/mol. The summed E-state index contributed by atoms with van der Waals surface area (Å²) < 4.78 is 35.9. The van der Waals surface area contributed by atoms with Gasteiger partial charge in [-0.15, -0.1) is 0 Å². The molecule has 2 bridgehead atoms. The van der Waals surface area contributed by atoms with Crippen LogP contribution in [0.25, 0.3) is 0 Å². The summed E-state index contributed by atoms with van der Waals surface area (Å²) in [5.41, 5.74) is 7.50. The van der Waals surface area contributed by atoms with Gasteiger partial charge >= 0.3 is 0 Å². The monoisotopic (exact) mass is 695 g/mol. The van der Waals surface area contributed by atoms with Crippen LogP contribution in [0.4, 0.5) is 11.4 Å². The van der Waals surface area contributed by atoms with Gasteiger partial charge in [0.25, 0.3) is 10.1 Å². The van der Waals surface area contributed by atoms with E-state index in [0.717, 1.165) is 79.9 Å². The van der Waals surface area contributed by atoms with Crippen molar-refractivity contribution in [1.82, 2.24) is 0 Å². The van der Waals surface area contributed by atoms with Crippen LogP contribution in [-0.4, -0.2) is 42.1 Å². The van der Waals surface area contributed by atoms with Crippen LogP contribution in [0.1, 0.15) is 103 Å². The van der Waals surface area contributed by atoms with Crippen molar-refractivity contribution in [1.29, 1.82) is 0 Å². The molecule has 1 fully saturated rings. The number of fused-ring (bicyclic) bond motifs is 4. The van der Waals surface area contributed by atoms with Crippen molar-refractivity contribution in [2.75, 3.05) is 18.0 Å². The molecule has 0 radical (unpaired) electrons. The highest BCUT2D eigenvalue weighted by molar-refractivity contribution is 7.85. The summed E-state index contributed by atoms with van der Waals surface area (Å²) in [5, 5.41) is 0. The van der Waals surface area contributed by atoms with Gasteiger partial charge in [-0.1, -0.05) is 55.9 Å². The zero-order valence-corrected chi connectivity index (χ0v) is 31.6. The van der Waals surface area contributed by atoms with E-state index in [2.05, 4.69) is 112 Å². The second kappa shape index (κ2) is 14.2. The highest BCUT2D eigenvalue weighted by Gasteiger charge is 2.44. The fraction of sp³-hybridized carbons (Fsp3) is 0.488. The number of benzene rings is 2. The van der Waals surface area contributed by atoms with Crippen molar-refractivity contribution in [2.24, 2.45) is 17.8 Å². The maximum atomic E-state index is 12.7. The van der Waals surface area contributed by atoms with Crippen molar-refractivity contribution >= 4 is 33.0 Å². The molecule has 0 saturated heterocycles. The van der Waals surface area contributed by atoms with Crippen molar-refractivity contribution in [2.45, 2.75) is 109 Å². The van der Waals surface area contributed by atoms with Gasteiger partial charge in [-0.05, 0) is 113 Å². The molecular formula is C43H55N2O4S+. The topological polar surface area (TPSA) is 77.7 Å². The number of nitrogens with zero attached hydrogens (tertiary/aromatic N) is 2. The number of rotatable bonds is 14. The first kappa shape index (κ1) is 36.2. The van der Waals surface area contributed by atoms with E-state index in [9.17, 15) is 17.8 Å². The van der Waals surface area contributed by atoms with E-state index in [1.807, 2.05) is 0 Å². The number of hydrogen-bond donors (Lipinski definition) is 1. The van der Waals surface area contributed by atoms with E-state index < -0.39 is 15.5 Å². The number of unbranched alkanes of at least 4 members (excludes halogenated alkanes) is 2. The third kappa shape index (κ3) is 7.13. The minimum atomic E-state index is -4.29. The summed E-state index contributed by atoms with van der Waals surface area (Å²) >= 11 is 0. The fourth-order valence-corrected chi connectivity index (χ4v) is 9.52. The third-order valence-corrected chi connectivity index (χ3v) is 12.7. The van der Waals surface area contributed by atoms with E-state index in [1.54, 1.807) is 12.1 Å². The summed E-state index contributed by atoms with van der Waals surface area (Å²) in [6.45, 7) is 14.7. The number of carbonyl (C=O) groups is 1. The molecule has 2 aliphatic heterocycles. The van der Waals surface area contributed by atoms with Gasteiger partial charge in [-0.3, -0.25) is 9.35 Å². The van der Waals surface area contributed by atoms with Crippen molar-refractivity contribution in [3.63, 3.8) is 0 Å². The average Bonchev–Trinajstić information content (AvgIpc) is 3.79. The first-order valence-electron chi connectivity index (χ1n) is 18.6. The van der Waals surface area contributed by atoms with E-state index in [0.29, 0.717) is 12.2 Å². The molecule has 1 saturated carbocycles. The van der Waals surface area contributed by atoms with E-state index >= 15 is 0 Å². The predicted octanol–water partition coefficient (Wildman–Crippen LogP) is 9.55. The summed E-state index contributed by atoms with van der Waals surface area (Å²) in [6.07, 6.45) is 23.5. The van der Waals surface area contributed by atoms with Crippen LogP contribution in [0.15, 0.2) is 89.5 Å². The molecule has 7 heteroatoms. The molecule has 0 aromatic heterocycles. The zero-order valence-electron chi connectivity index (χ0n) is 30.8. The quantitative estimate of drug-likeness (QED) is 0.0701. The Hall–Kier alpha value is -3.55. The van der Waals surface area contributed by atoms with Crippen LogP contribution < -0.4 is 4.90 Å². The largest absolute Gasteiger partial charge is 0.344 e. The SMILES string of the molecule is CCN1C(=CC=CC=CC2=[N+](CCCCCC(=O)CC[C@@H]3CC4C=CC3C4)c3ccc(C)cc3C2(C)C)C(C)(C)c2cc(S(=O)(=O)O)ccc21. The Morgan fingerprint density at radius 1 is 0.940 bits per heavy atom. The molecule has 6 nitrogen and oxygen atoms in total. The summed E-state index contributed by atoms with van der Waals surface area (Å²) in [7, 11) is -4.29. The number of Topliss-reactive ketones (excluding diaryl/α,β-unsaturated/α-hetero) is 1. The van der Waals surface area contributed by atoms with Crippen LogP contribution in [0, 0.1) is 24.7 Å². The smallest absolute Gasteiger partial charge is 0.294 e. The number of ketones is 1. The van der Waals surface area contributed by atoms with E-state index in [1.165, 1.54) is 41.4 Å². The van der Waals surface area contributed by atoms with Crippen LogP contribution >= 0.6 is 0 Å². The highest BCUT2D eigenvalue weighted by Crippen LogP contribution is 2.48. The molecule has 3 atom stereocenters. The van der Waals surface area contributed by atoms with Crippen LogP contribution in [0.5, 0.6) is 0 Å². The zero-order chi connectivity index (χ0) is 35.8. The van der Waals surface area contributed by atoms with Gasteiger partial charge in [0, 0.05) is 60.3 Å². The first-order chi connectivity index (χ1) is 23.7. The van der Waals surface area contributed by atoms with Gasteiger partial charge in [0.1, 0.15) is 12.3 Å². The molecule has 2 aromatic carbocycles. The Balaban J connectivity index is 1.12. The second-order valence-corrected chi connectivity index (χ2v) is 17.4. The van der Waals surface area contributed by atoms with Gasteiger partial charge < -0.3 is 4.90 Å². The lowest BCUT2D eigenvalue weighted by Gasteiger charge is -2.25. The normalized spacial score (nSPS) is 24.0. The van der Waals surface area contributed by atoms with Crippen molar-refractivity contribution < 1.29 is 22.3 Å². The molecule has 4 aliphatic rings. The Bertz CT molecular complexity index is 1910. The molecule has 50 heavy (non-hydrogen) atoms. The maximum absolute atomic E-state index is 12.7. The lowest BCUT2D eigenvalue weighted by atomic mass is 9.81. The summed E-state index contributed by atoms with van der Waals surface area (Å²) in [6, 6.07) is 11.6. The van der Waals surface area contributed by atoms with Gasteiger partial charge in [-0.2, -0.15) is 13.0 Å². The van der Waals surface area contributed by atoms with Crippen LogP contribution in [0.3, 0.4) is 0 Å². The number of likely N-dealkylation sites (N-methyl/N-ethyl adjacent to an activating group) is 1. The predicted molar refractivity (Wildman–Crippen MR) is 204 cm³/mol. The maximum Gasteiger partial charge on any atom is 0.294 e. The minimum absolute atomic E-state index is 0.0792. The van der Waals surface area contributed by atoms with Gasteiger partial charge in [-0.25, -0.2) is 0 Å². The Morgan fingerprint density at radius 3 is 2.44 bits per heavy atom. The standard InChI is InChI=1S/C43H54N2O4S/c1-7-44-38-24-22-35(50(47,48)49)29-37(38)43(5,6)40(44)15-11-8-12-16-41-42(3,4)36-26-30(2)17-23-39(36)45(41)25-13-9-10-14-34(46)21-20-33-28-31-18-19-32(33)27-31/h8,11-12,15-19,22-24,26,29,31-33H,7,9-10,13-14,20-21,25,27-28H2,1-6H3/p+1/t31?,32?,33-/m1/s1.